The van der Waals surface area contributed by atoms with Gasteiger partial charge in [-0.2, -0.15) is 0 Å². The molecule has 0 spiro atoms. The minimum atomic E-state index is -2.23. The van der Waals surface area contributed by atoms with Crippen LogP contribution in [0.2, 0.25) is 0 Å². The van der Waals surface area contributed by atoms with Crippen molar-refractivity contribution < 1.29 is 42.7 Å². The van der Waals surface area contributed by atoms with Crippen LogP contribution < -0.4 is 34.3 Å². The molecule has 0 fully saturated rings. The van der Waals surface area contributed by atoms with E-state index in [0.29, 0.717) is 5.75 Å². The molecule has 0 heterocycles. The second-order valence-corrected chi connectivity index (χ2v) is 3.30. The van der Waals surface area contributed by atoms with E-state index < -0.39 is 10.7 Å². The summed E-state index contributed by atoms with van der Waals surface area (Å²) in [5.41, 5.74) is 0.898. The summed E-state index contributed by atoms with van der Waals surface area (Å²) >= 11 is 0. The molecule has 0 radical (unpaired) electrons. The van der Waals surface area contributed by atoms with E-state index in [1.807, 2.05) is 6.92 Å². The number of rotatable bonds is 2. The van der Waals surface area contributed by atoms with Crippen molar-refractivity contribution in [3.05, 3.63) is 23.8 Å². The molecule has 13 heavy (non-hydrogen) atoms. The van der Waals surface area contributed by atoms with Gasteiger partial charge in [0.15, 0.2) is 0 Å². The van der Waals surface area contributed by atoms with Gasteiger partial charge in [0.2, 0.25) is 0 Å². The van der Waals surface area contributed by atoms with Crippen LogP contribution in [0.1, 0.15) is 5.56 Å². The third-order valence-electron chi connectivity index (χ3n) is 1.50. The average molecular weight is 208 g/mol. The second-order valence-electron chi connectivity index (χ2n) is 2.39. The Labute approximate surface area is 101 Å². The van der Waals surface area contributed by atoms with Crippen molar-refractivity contribution in [1.29, 1.82) is 0 Å². The molecule has 1 aromatic rings. The van der Waals surface area contributed by atoms with Gasteiger partial charge in [-0.1, -0.05) is 17.7 Å². The molecule has 0 amide bonds. The Balaban J connectivity index is 0.00000144. The quantitative estimate of drug-likeness (QED) is 0.447. The molecule has 0 aliphatic carbocycles. The maximum absolute atomic E-state index is 10.7. The fourth-order valence-electron chi connectivity index (χ4n) is 0.914. The third kappa shape index (κ3) is 3.31. The van der Waals surface area contributed by atoms with Crippen LogP contribution in [-0.2, 0) is 19.1 Å². The maximum Gasteiger partial charge on any atom is 1.00 e. The Kier molecular flexibility index (Phi) is 5.64. The van der Waals surface area contributed by atoms with Crippen molar-refractivity contribution in [2.45, 2.75) is 11.8 Å². The Morgan fingerprint density at radius 2 is 1.92 bits per heavy atom. The molecule has 3 nitrogen and oxygen atoms in total. The van der Waals surface area contributed by atoms with Crippen LogP contribution >= 0.6 is 0 Å². The van der Waals surface area contributed by atoms with Crippen LogP contribution in [0.4, 0.5) is 0 Å². The van der Waals surface area contributed by atoms with Crippen molar-refractivity contribution in [2.75, 3.05) is 7.11 Å². The first kappa shape index (κ1) is 13.0. The van der Waals surface area contributed by atoms with Gasteiger partial charge in [0, 0.05) is 0 Å². The number of ether oxygens (including phenoxy) is 1. The molecule has 66 valence electrons. The fourth-order valence-corrected chi connectivity index (χ4v) is 1.51. The fraction of sp³-hybridized carbons (Fsp3) is 0.250. The van der Waals surface area contributed by atoms with Crippen LogP contribution in [-0.4, -0.2) is 7.11 Å². The predicted molar refractivity (Wildman–Crippen MR) is 44.7 cm³/mol. The third-order valence-corrected chi connectivity index (χ3v) is 2.18. The zero-order valence-corrected chi connectivity index (χ0v) is 10.7. The Bertz CT molecular complexity index is 352. The van der Waals surface area contributed by atoms with E-state index in [-0.39, 0.29) is 34.5 Å². The van der Waals surface area contributed by atoms with Gasteiger partial charge < -0.3 is 13.2 Å². The Hall–Kier alpha value is -0.0300. The summed E-state index contributed by atoms with van der Waals surface area (Å²) in [6, 6.07) is 5.01. The van der Waals surface area contributed by atoms with Gasteiger partial charge in [0.1, 0.15) is 5.75 Å². The number of methoxy groups -OCH3 is 1. The van der Waals surface area contributed by atoms with E-state index in [1.165, 1.54) is 7.11 Å². The average Bonchev–Trinajstić information content (AvgIpc) is 2.04. The molecule has 0 saturated heterocycles. The number of aryl methyl sites for hydroxylation is 1. The number of benzene rings is 1. The van der Waals surface area contributed by atoms with E-state index in [0.717, 1.165) is 5.56 Å². The van der Waals surface area contributed by atoms with Crippen molar-refractivity contribution in [1.82, 2.24) is 0 Å². The van der Waals surface area contributed by atoms with Crippen molar-refractivity contribution >= 4 is 10.7 Å². The minimum Gasteiger partial charge on any atom is -0.498 e. The van der Waals surface area contributed by atoms with Crippen LogP contribution in [0.3, 0.4) is 0 Å². The molecule has 0 unspecified atom stereocenters. The first-order valence-corrected chi connectivity index (χ1v) is 4.46. The molecule has 0 aliphatic heterocycles. The summed E-state index contributed by atoms with van der Waals surface area (Å²) < 4.78 is 26.2. The van der Waals surface area contributed by atoms with Gasteiger partial charge >= 0.3 is 29.6 Å². The van der Waals surface area contributed by atoms with E-state index in [9.17, 15) is 8.42 Å². The molecule has 0 bridgehead atoms. The van der Waals surface area contributed by atoms with Gasteiger partial charge in [-0.15, -0.1) is 0 Å². The van der Waals surface area contributed by atoms with Gasteiger partial charge in [-0.05, 0) is 28.6 Å². The number of hydrogen-bond acceptors (Lipinski definition) is 4. The molecular formula is C8H9NaO3S. The van der Waals surface area contributed by atoms with Crippen LogP contribution in [0.5, 0.6) is 5.75 Å². The van der Waals surface area contributed by atoms with E-state index in [4.69, 9.17) is 4.74 Å². The van der Waals surface area contributed by atoms with Crippen LogP contribution in [0.15, 0.2) is 23.1 Å². The van der Waals surface area contributed by atoms with Gasteiger partial charge in [-0.3, -0.25) is 0 Å². The predicted octanol–water partition coefficient (Wildman–Crippen LogP) is -1.32. The number of hydrogen-bond donors (Lipinski definition) is 0. The van der Waals surface area contributed by atoms with E-state index in [1.54, 1.807) is 18.2 Å². The van der Waals surface area contributed by atoms with Crippen molar-refractivity contribution in [2.24, 2.45) is 0 Å². The normalized spacial score (nSPS) is 9.46. The minimum absolute atomic E-state index is 0. The van der Waals surface area contributed by atoms with Crippen LogP contribution in [0.25, 0.3) is 0 Å². The first-order chi connectivity index (χ1) is 5.65. The molecule has 1 rings (SSSR count). The SMILES string of the molecule is COc1ccc(C)cc1[S-](=O)=O.[Na+]. The zero-order chi connectivity index (χ0) is 9.14. The topological polar surface area (TPSA) is 43.4 Å². The molecule has 0 atom stereocenters. The first-order valence-electron chi connectivity index (χ1n) is 3.39. The summed E-state index contributed by atoms with van der Waals surface area (Å²) in [6.07, 6.45) is 0. The molecule has 0 aromatic heterocycles. The summed E-state index contributed by atoms with van der Waals surface area (Å²) in [5, 5.41) is 0. The van der Waals surface area contributed by atoms with Crippen molar-refractivity contribution in [3.63, 3.8) is 0 Å². The standard InChI is InChI=1S/C8H9O3S.Na/c1-6-3-4-7(11-2)8(5-6)12(9)10;/h3-5H,1-2H3;/q-1;+1. The smallest absolute Gasteiger partial charge is 0.498 e. The summed E-state index contributed by atoms with van der Waals surface area (Å²) in [7, 11) is -0.780. The van der Waals surface area contributed by atoms with E-state index in [2.05, 4.69) is 0 Å². The summed E-state index contributed by atoms with van der Waals surface area (Å²) in [5.74, 6) is 0.383. The van der Waals surface area contributed by atoms with Crippen LogP contribution in [0, 0.1) is 6.92 Å². The zero-order valence-electron chi connectivity index (χ0n) is 7.87. The molecule has 0 saturated carbocycles. The largest absolute Gasteiger partial charge is 1.00 e. The molecule has 0 N–H and O–H groups in total. The van der Waals surface area contributed by atoms with Gasteiger partial charge in [0.25, 0.3) is 0 Å². The van der Waals surface area contributed by atoms with Gasteiger partial charge in [-0.25, -0.2) is 0 Å². The summed E-state index contributed by atoms with van der Waals surface area (Å²) in [6.45, 7) is 1.83. The van der Waals surface area contributed by atoms with Gasteiger partial charge in [0.05, 0.1) is 7.11 Å². The molecular weight excluding hydrogens is 199 g/mol. The Morgan fingerprint density at radius 3 is 2.38 bits per heavy atom. The molecule has 1 aromatic carbocycles. The second kappa shape index (κ2) is 5.65. The van der Waals surface area contributed by atoms with Crippen molar-refractivity contribution in [3.8, 4) is 5.75 Å². The van der Waals surface area contributed by atoms with E-state index >= 15 is 0 Å². The summed E-state index contributed by atoms with van der Waals surface area (Å²) in [4.78, 5) is 0.206. The molecule has 5 heteroatoms. The maximum atomic E-state index is 10.7. The molecule has 0 aliphatic rings. The monoisotopic (exact) mass is 208 g/mol. The Morgan fingerprint density at radius 1 is 1.31 bits per heavy atom.